The van der Waals surface area contributed by atoms with Crippen LogP contribution in [-0.4, -0.2) is 0 Å². The average Bonchev–Trinajstić information content (AvgIpc) is 3.02. The van der Waals surface area contributed by atoms with Gasteiger partial charge < -0.3 is 0 Å². The van der Waals surface area contributed by atoms with E-state index in [4.69, 9.17) is 0 Å². The van der Waals surface area contributed by atoms with Crippen molar-refractivity contribution in [2.45, 2.75) is 106 Å². The molecule has 17 heavy (non-hydrogen) atoms. The molecule has 0 atom stereocenters. The summed E-state index contributed by atoms with van der Waals surface area (Å²) in [5, 5.41) is 0. The van der Waals surface area contributed by atoms with Crippen LogP contribution < -0.4 is 0 Å². The first-order valence-electron chi connectivity index (χ1n) is 7.81. The Bertz CT molecular complexity index is 79.5. The Morgan fingerprint density at radius 2 is 0.824 bits per heavy atom. The van der Waals surface area contributed by atoms with Crippen LogP contribution in [0.5, 0.6) is 0 Å². The Hall–Kier alpha value is 0. The minimum Gasteiger partial charge on any atom is -0.0776 e. The zero-order valence-electron chi connectivity index (χ0n) is 12.6. The molecular formula is C17H40. The maximum Gasteiger partial charge on any atom is -0.0443 e. The second-order valence-electron chi connectivity index (χ2n) is 4.86. The molecule has 3 fully saturated rings. The van der Waals surface area contributed by atoms with E-state index in [1.165, 1.54) is 64.2 Å². The van der Waals surface area contributed by atoms with Crippen molar-refractivity contribution in [1.82, 2.24) is 0 Å². The molecule has 0 aliphatic heterocycles. The van der Waals surface area contributed by atoms with Gasteiger partial charge in [0, 0.05) is 0 Å². The molecule has 0 unspecified atom stereocenters. The third-order valence-electron chi connectivity index (χ3n) is 2.22. The van der Waals surface area contributed by atoms with E-state index in [9.17, 15) is 0 Å². The molecule has 0 radical (unpaired) electrons. The fourth-order valence-corrected chi connectivity index (χ4v) is 0.417. The lowest BCUT2D eigenvalue weighted by Crippen LogP contribution is -1.85. The van der Waals surface area contributed by atoms with Gasteiger partial charge in [0.2, 0.25) is 0 Å². The highest BCUT2D eigenvalue weighted by atomic mass is 14.2. The first-order valence-corrected chi connectivity index (χ1v) is 7.81. The van der Waals surface area contributed by atoms with Crippen molar-refractivity contribution in [3.05, 3.63) is 0 Å². The largest absolute Gasteiger partial charge is 0.0776 e. The van der Waals surface area contributed by atoms with Gasteiger partial charge in [-0.15, -0.1) is 0 Å². The van der Waals surface area contributed by atoms with Gasteiger partial charge in [-0.05, 0) is 5.92 Å². The van der Waals surface area contributed by atoms with E-state index in [1.807, 2.05) is 13.8 Å². The molecule has 0 aromatic rings. The van der Waals surface area contributed by atoms with Gasteiger partial charge in [-0.1, -0.05) is 106 Å². The summed E-state index contributed by atoms with van der Waals surface area (Å²) in [6.45, 7) is 10.5. The summed E-state index contributed by atoms with van der Waals surface area (Å²) in [7, 11) is 0. The van der Waals surface area contributed by atoms with Crippen LogP contribution in [0.4, 0.5) is 0 Å². The highest BCUT2D eigenvalue weighted by Crippen LogP contribution is 2.26. The van der Waals surface area contributed by atoms with Gasteiger partial charge in [-0.2, -0.15) is 0 Å². The lowest BCUT2D eigenvalue weighted by atomic mass is 10.0. The van der Waals surface area contributed by atoms with Crippen molar-refractivity contribution >= 4 is 0 Å². The molecule has 0 aromatic carbocycles. The summed E-state index contributed by atoms with van der Waals surface area (Å²) in [6.07, 6.45) is 14.7. The predicted octanol–water partition coefficient (Wildman–Crippen LogP) is 7.23. The van der Waals surface area contributed by atoms with Crippen molar-refractivity contribution in [2.24, 2.45) is 5.92 Å². The highest BCUT2D eigenvalue weighted by molar-refractivity contribution is 4.65. The van der Waals surface area contributed by atoms with Crippen LogP contribution in [0.2, 0.25) is 0 Å². The van der Waals surface area contributed by atoms with Gasteiger partial charge >= 0.3 is 0 Å². The number of hydrogen-bond donors (Lipinski definition) is 0. The second-order valence-corrected chi connectivity index (χ2v) is 4.86. The second kappa shape index (κ2) is 21.3. The Kier molecular flexibility index (Phi) is 27.8. The van der Waals surface area contributed by atoms with Crippen molar-refractivity contribution < 1.29 is 0 Å². The molecule has 0 aromatic heterocycles. The normalized spacial score (nSPS) is 17.5. The smallest absolute Gasteiger partial charge is 0.0443 e. The minimum absolute atomic E-state index is 0. The van der Waals surface area contributed by atoms with Gasteiger partial charge in [0.25, 0.3) is 0 Å². The van der Waals surface area contributed by atoms with Gasteiger partial charge in [0.05, 0.1) is 0 Å². The molecule has 0 amide bonds. The maximum atomic E-state index is 2.28. The zero-order chi connectivity index (χ0) is 12.6. The monoisotopic (exact) mass is 244 g/mol. The van der Waals surface area contributed by atoms with Crippen molar-refractivity contribution in [3.8, 4) is 0 Å². The summed E-state index contributed by atoms with van der Waals surface area (Å²) >= 11 is 0. The summed E-state index contributed by atoms with van der Waals surface area (Å²) in [4.78, 5) is 0. The fraction of sp³-hybridized carbons (Fsp3) is 1.00. The molecule has 3 aliphatic rings. The standard InChI is InChI=1S/2C4H8.C3H6.C3H8.C2H6.CH4/c1-4-2-3-4;1-2-4-3-1;1-2-3-1;1-3-2;1-2;/h4H,2-3H2,1H3;1-4H2;1-3H2;3H2,1-2H3;1-2H3;1H4. The Morgan fingerprint density at radius 3 is 0.824 bits per heavy atom. The lowest BCUT2D eigenvalue weighted by molar-refractivity contribution is 0.504. The topological polar surface area (TPSA) is 0 Å². The van der Waals surface area contributed by atoms with Crippen molar-refractivity contribution in [3.63, 3.8) is 0 Å². The van der Waals surface area contributed by atoms with Gasteiger partial charge in [-0.3, -0.25) is 0 Å². The van der Waals surface area contributed by atoms with Gasteiger partial charge in [0.15, 0.2) is 0 Å². The predicted molar refractivity (Wildman–Crippen MR) is 84.8 cm³/mol. The Balaban J connectivity index is -0.000000145. The molecule has 108 valence electrons. The number of rotatable bonds is 0. The van der Waals surface area contributed by atoms with E-state index in [-0.39, 0.29) is 7.43 Å². The van der Waals surface area contributed by atoms with Gasteiger partial charge in [-0.25, -0.2) is 0 Å². The SMILES string of the molecule is C.C1CC1.C1CCC1.CC.CC1CC1.CCC. The van der Waals surface area contributed by atoms with E-state index >= 15 is 0 Å². The van der Waals surface area contributed by atoms with E-state index < -0.39 is 0 Å². The van der Waals surface area contributed by atoms with Crippen LogP contribution >= 0.6 is 0 Å². The molecule has 3 rings (SSSR count). The lowest BCUT2D eigenvalue weighted by Gasteiger charge is -2.05. The third-order valence-corrected chi connectivity index (χ3v) is 2.22. The molecule has 0 bridgehead atoms. The van der Waals surface area contributed by atoms with Crippen LogP contribution in [-0.2, 0) is 0 Å². The maximum absolute atomic E-state index is 2.28. The molecule has 3 aliphatic carbocycles. The molecule has 0 saturated heterocycles. The summed E-state index contributed by atoms with van der Waals surface area (Å²) < 4.78 is 0. The molecular weight excluding hydrogens is 204 g/mol. The highest BCUT2D eigenvalue weighted by Gasteiger charge is 2.12. The van der Waals surface area contributed by atoms with E-state index in [2.05, 4.69) is 20.8 Å². The quantitative estimate of drug-likeness (QED) is 0.422. The molecule has 0 heterocycles. The third kappa shape index (κ3) is 49.0. The average molecular weight is 245 g/mol. The van der Waals surface area contributed by atoms with Gasteiger partial charge in [0.1, 0.15) is 0 Å². The number of hydrogen-bond acceptors (Lipinski definition) is 0. The summed E-state index contributed by atoms with van der Waals surface area (Å²) in [5.41, 5.74) is 0. The van der Waals surface area contributed by atoms with Crippen LogP contribution in [0.15, 0.2) is 0 Å². The van der Waals surface area contributed by atoms with Crippen LogP contribution in [0.3, 0.4) is 0 Å². The van der Waals surface area contributed by atoms with Crippen LogP contribution in [0.1, 0.15) is 106 Å². The fourth-order valence-electron chi connectivity index (χ4n) is 0.417. The zero-order valence-corrected chi connectivity index (χ0v) is 12.6. The molecule has 0 spiro atoms. The molecule has 0 heteroatoms. The molecule has 3 saturated carbocycles. The first-order chi connectivity index (χ1) is 7.81. The molecule has 0 N–H and O–H groups in total. The van der Waals surface area contributed by atoms with Crippen LogP contribution in [0.25, 0.3) is 0 Å². The van der Waals surface area contributed by atoms with E-state index in [0.29, 0.717) is 0 Å². The Morgan fingerprint density at radius 1 is 0.706 bits per heavy atom. The van der Waals surface area contributed by atoms with Crippen LogP contribution in [0, 0.1) is 5.92 Å². The van der Waals surface area contributed by atoms with E-state index in [1.54, 1.807) is 0 Å². The first kappa shape index (κ1) is 22.2. The molecule has 0 nitrogen and oxygen atoms in total. The summed E-state index contributed by atoms with van der Waals surface area (Å²) in [6, 6.07) is 0. The Labute approximate surface area is 113 Å². The van der Waals surface area contributed by atoms with E-state index in [0.717, 1.165) is 5.92 Å². The minimum atomic E-state index is 0. The van der Waals surface area contributed by atoms with Crippen molar-refractivity contribution in [2.75, 3.05) is 0 Å². The van der Waals surface area contributed by atoms with Crippen molar-refractivity contribution in [1.29, 1.82) is 0 Å². The summed E-state index contributed by atoms with van der Waals surface area (Å²) in [5.74, 6) is 1.08.